The predicted octanol–water partition coefficient (Wildman–Crippen LogP) is 3.59. The summed E-state index contributed by atoms with van der Waals surface area (Å²) in [5.74, 6) is -0.483. The van der Waals surface area contributed by atoms with Gasteiger partial charge in [0.1, 0.15) is 11.6 Å². The number of halogens is 2. The highest BCUT2D eigenvalue weighted by Crippen LogP contribution is 2.18. The normalized spacial score (nSPS) is 12.3. The van der Waals surface area contributed by atoms with Gasteiger partial charge < -0.3 is 5.32 Å². The summed E-state index contributed by atoms with van der Waals surface area (Å²) >= 11 is 0. The maximum Gasteiger partial charge on any atom is 0.126 e. The Labute approximate surface area is 118 Å². The van der Waals surface area contributed by atoms with Crippen LogP contribution < -0.4 is 5.32 Å². The highest BCUT2D eigenvalue weighted by molar-refractivity contribution is 5.21. The molecule has 0 aliphatic heterocycles. The SMILES string of the molecule is CNCC(Cc1ccccc1)Cc1cc(F)ccc1F. The van der Waals surface area contributed by atoms with Crippen molar-refractivity contribution in [3.63, 3.8) is 0 Å². The molecular weight excluding hydrogens is 256 g/mol. The van der Waals surface area contributed by atoms with Gasteiger partial charge in [-0.3, -0.25) is 0 Å². The summed E-state index contributed by atoms with van der Waals surface area (Å²) in [5, 5.41) is 3.13. The van der Waals surface area contributed by atoms with Crippen molar-refractivity contribution in [1.29, 1.82) is 0 Å². The van der Waals surface area contributed by atoms with Crippen molar-refractivity contribution in [2.45, 2.75) is 12.8 Å². The molecular formula is C17H19F2N. The molecule has 0 aliphatic rings. The molecule has 0 saturated heterocycles. The molecule has 1 nitrogen and oxygen atoms in total. The lowest BCUT2D eigenvalue weighted by Gasteiger charge is -2.17. The first-order valence-electron chi connectivity index (χ1n) is 6.81. The molecule has 2 rings (SSSR count). The van der Waals surface area contributed by atoms with Crippen LogP contribution in [0.3, 0.4) is 0 Å². The third-order valence-corrected chi connectivity index (χ3v) is 3.38. The lowest BCUT2D eigenvalue weighted by Crippen LogP contribution is -2.23. The molecule has 2 aromatic carbocycles. The van der Waals surface area contributed by atoms with E-state index in [-0.39, 0.29) is 17.6 Å². The van der Waals surface area contributed by atoms with Crippen molar-refractivity contribution in [1.82, 2.24) is 5.32 Å². The zero-order chi connectivity index (χ0) is 14.4. The molecule has 1 N–H and O–H groups in total. The van der Waals surface area contributed by atoms with Gasteiger partial charge in [0.15, 0.2) is 0 Å². The Morgan fingerprint density at radius 1 is 1.00 bits per heavy atom. The predicted molar refractivity (Wildman–Crippen MR) is 77.6 cm³/mol. The molecule has 0 amide bonds. The topological polar surface area (TPSA) is 12.0 Å². The Balaban J connectivity index is 2.11. The van der Waals surface area contributed by atoms with Gasteiger partial charge in [0, 0.05) is 0 Å². The van der Waals surface area contributed by atoms with E-state index in [2.05, 4.69) is 17.4 Å². The van der Waals surface area contributed by atoms with E-state index in [1.807, 2.05) is 25.2 Å². The average molecular weight is 275 g/mol. The number of benzene rings is 2. The van der Waals surface area contributed by atoms with E-state index in [0.29, 0.717) is 12.0 Å². The Hall–Kier alpha value is -1.74. The van der Waals surface area contributed by atoms with Gasteiger partial charge in [0.25, 0.3) is 0 Å². The molecule has 1 unspecified atom stereocenters. The summed E-state index contributed by atoms with van der Waals surface area (Å²) in [6, 6.07) is 13.7. The van der Waals surface area contributed by atoms with Gasteiger partial charge >= 0.3 is 0 Å². The van der Waals surface area contributed by atoms with Gasteiger partial charge in [-0.05, 0) is 61.7 Å². The lowest BCUT2D eigenvalue weighted by atomic mass is 9.92. The van der Waals surface area contributed by atoms with E-state index in [0.717, 1.165) is 19.0 Å². The molecule has 106 valence electrons. The maximum absolute atomic E-state index is 13.7. The first-order valence-corrected chi connectivity index (χ1v) is 6.81. The van der Waals surface area contributed by atoms with E-state index < -0.39 is 0 Å². The molecule has 0 aliphatic carbocycles. The van der Waals surface area contributed by atoms with Crippen molar-refractivity contribution >= 4 is 0 Å². The van der Waals surface area contributed by atoms with E-state index in [1.165, 1.54) is 17.7 Å². The Morgan fingerprint density at radius 3 is 2.45 bits per heavy atom. The highest BCUT2D eigenvalue weighted by atomic mass is 19.1. The molecule has 1 atom stereocenters. The van der Waals surface area contributed by atoms with E-state index >= 15 is 0 Å². The molecule has 0 radical (unpaired) electrons. The van der Waals surface area contributed by atoms with Gasteiger partial charge in [-0.1, -0.05) is 30.3 Å². The van der Waals surface area contributed by atoms with E-state index in [1.54, 1.807) is 0 Å². The Morgan fingerprint density at radius 2 is 1.75 bits per heavy atom. The fourth-order valence-corrected chi connectivity index (χ4v) is 2.46. The van der Waals surface area contributed by atoms with Crippen LogP contribution in [0, 0.1) is 17.6 Å². The number of hydrogen-bond donors (Lipinski definition) is 1. The molecule has 0 spiro atoms. The highest BCUT2D eigenvalue weighted by Gasteiger charge is 2.13. The zero-order valence-corrected chi connectivity index (χ0v) is 11.6. The lowest BCUT2D eigenvalue weighted by molar-refractivity contribution is 0.477. The second-order valence-electron chi connectivity index (χ2n) is 5.05. The molecule has 0 bridgehead atoms. The molecule has 0 heterocycles. The number of nitrogens with one attached hydrogen (secondary N) is 1. The van der Waals surface area contributed by atoms with Crippen LogP contribution in [0.2, 0.25) is 0 Å². The minimum Gasteiger partial charge on any atom is -0.319 e. The summed E-state index contributed by atoms with van der Waals surface area (Å²) in [6.07, 6.45) is 1.37. The Kier molecular flexibility index (Phi) is 5.24. The van der Waals surface area contributed by atoms with Crippen LogP contribution in [0.25, 0.3) is 0 Å². The van der Waals surface area contributed by atoms with Crippen LogP contribution in [-0.2, 0) is 12.8 Å². The van der Waals surface area contributed by atoms with Crippen LogP contribution in [0.15, 0.2) is 48.5 Å². The van der Waals surface area contributed by atoms with Crippen molar-refractivity contribution in [3.05, 3.63) is 71.3 Å². The molecule has 0 saturated carbocycles. The minimum absolute atomic E-state index is 0.235. The van der Waals surface area contributed by atoms with Crippen molar-refractivity contribution in [2.24, 2.45) is 5.92 Å². The fourth-order valence-electron chi connectivity index (χ4n) is 2.46. The van der Waals surface area contributed by atoms with Crippen LogP contribution in [0.4, 0.5) is 8.78 Å². The van der Waals surface area contributed by atoms with Crippen LogP contribution in [-0.4, -0.2) is 13.6 Å². The van der Waals surface area contributed by atoms with E-state index in [4.69, 9.17) is 0 Å². The molecule has 0 fully saturated rings. The third kappa shape index (κ3) is 4.14. The second-order valence-corrected chi connectivity index (χ2v) is 5.05. The first-order chi connectivity index (χ1) is 9.69. The average Bonchev–Trinajstić information content (AvgIpc) is 2.44. The summed E-state index contributed by atoms with van der Waals surface area (Å²) in [5.41, 5.74) is 1.66. The Bertz CT molecular complexity index is 540. The summed E-state index contributed by atoms with van der Waals surface area (Å²) in [7, 11) is 1.87. The summed E-state index contributed by atoms with van der Waals surface area (Å²) in [6.45, 7) is 0.769. The van der Waals surface area contributed by atoms with Gasteiger partial charge in [-0.2, -0.15) is 0 Å². The molecule has 0 aromatic heterocycles. The number of hydrogen-bond acceptors (Lipinski definition) is 1. The van der Waals surface area contributed by atoms with Gasteiger partial charge in [-0.15, -0.1) is 0 Å². The molecule has 20 heavy (non-hydrogen) atoms. The zero-order valence-electron chi connectivity index (χ0n) is 11.6. The summed E-state index contributed by atoms with van der Waals surface area (Å²) in [4.78, 5) is 0. The monoisotopic (exact) mass is 275 g/mol. The van der Waals surface area contributed by atoms with Crippen molar-refractivity contribution in [2.75, 3.05) is 13.6 Å². The maximum atomic E-state index is 13.7. The van der Waals surface area contributed by atoms with Gasteiger partial charge in [-0.25, -0.2) is 8.78 Å². The van der Waals surface area contributed by atoms with E-state index in [9.17, 15) is 8.78 Å². The third-order valence-electron chi connectivity index (χ3n) is 3.38. The first kappa shape index (κ1) is 14.7. The second kappa shape index (κ2) is 7.15. The van der Waals surface area contributed by atoms with Crippen LogP contribution in [0.5, 0.6) is 0 Å². The standard InChI is InChI=1S/C17H19F2N/c1-20-12-14(9-13-5-3-2-4-6-13)10-15-11-16(18)7-8-17(15)19/h2-8,11,14,20H,9-10,12H2,1H3. The molecule has 2 aromatic rings. The van der Waals surface area contributed by atoms with Crippen molar-refractivity contribution < 1.29 is 8.78 Å². The minimum atomic E-state index is -0.385. The summed E-state index contributed by atoms with van der Waals surface area (Å²) < 4.78 is 26.9. The smallest absolute Gasteiger partial charge is 0.126 e. The van der Waals surface area contributed by atoms with Gasteiger partial charge in [0.2, 0.25) is 0 Å². The fraction of sp³-hybridized carbons (Fsp3) is 0.294. The van der Waals surface area contributed by atoms with Crippen LogP contribution in [0.1, 0.15) is 11.1 Å². The quantitative estimate of drug-likeness (QED) is 0.849. The number of rotatable bonds is 6. The van der Waals surface area contributed by atoms with Gasteiger partial charge in [0.05, 0.1) is 0 Å². The molecule has 3 heteroatoms. The largest absolute Gasteiger partial charge is 0.319 e. The van der Waals surface area contributed by atoms with Crippen molar-refractivity contribution in [3.8, 4) is 0 Å². The van der Waals surface area contributed by atoms with Crippen LogP contribution >= 0.6 is 0 Å².